The molecule has 0 aliphatic rings. The van der Waals surface area contributed by atoms with E-state index in [1.807, 2.05) is 6.07 Å². The van der Waals surface area contributed by atoms with Crippen molar-refractivity contribution in [2.24, 2.45) is 0 Å². The van der Waals surface area contributed by atoms with E-state index < -0.39 is 0 Å². The number of aromatic hydroxyl groups is 1. The van der Waals surface area contributed by atoms with Crippen LogP contribution >= 0.6 is 15.9 Å². The molecule has 0 amide bonds. The Morgan fingerprint density at radius 3 is 2.77 bits per heavy atom. The number of phenolic OH excluding ortho intramolecular Hbond substituents is 1. The van der Waals surface area contributed by atoms with Gasteiger partial charge in [-0.15, -0.1) is 0 Å². The zero-order chi connectivity index (χ0) is 9.84. The summed E-state index contributed by atoms with van der Waals surface area (Å²) in [7, 11) is 0. The van der Waals surface area contributed by atoms with E-state index in [1.165, 1.54) is 0 Å². The van der Waals surface area contributed by atoms with Crippen molar-refractivity contribution in [3.8, 4) is 5.75 Å². The zero-order valence-corrected chi connectivity index (χ0v) is 9.26. The Morgan fingerprint density at radius 2 is 2.15 bits per heavy atom. The van der Waals surface area contributed by atoms with Crippen LogP contribution in [0.4, 0.5) is 5.69 Å². The maximum absolute atomic E-state index is 9.29. The molecule has 3 N–H and O–H groups in total. The Bertz CT molecular complexity index is 299. The van der Waals surface area contributed by atoms with Crippen LogP contribution in [0.15, 0.2) is 16.6 Å². The summed E-state index contributed by atoms with van der Waals surface area (Å²) in [5, 5.41) is 9.29. The van der Waals surface area contributed by atoms with Gasteiger partial charge in [0.1, 0.15) is 5.75 Å². The lowest BCUT2D eigenvalue weighted by Crippen LogP contribution is -1.93. The van der Waals surface area contributed by atoms with Gasteiger partial charge in [-0.3, -0.25) is 0 Å². The molecule has 0 fully saturated rings. The lowest BCUT2D eigenvalue weighted by atomic mass is 10.1. The normalized spacial score (nSPS) is 10.3. The van der Waals surface area contributed by atoms with Gasteiger partial charge >= 0.3 is 0 Å². The molecule has 0 bridgehead atoms. The lowest BCUT2D eigenvalue weighted by Gasteiger charge is -2.07. The number of anilines is 1. The number of rotatable bonds is 3. The van der Waals surface area contributed by atoms with Crippen LogP contribution < -0.4 is 5.73 Å². The fraction of sp³-hybridized carbons (Fsp3) is 0.400. The van der Waals surface area contributed by atoms with Crippen LogP contribution in [0.2, 0.25) is 0 Å². The summed E-state index contributed by atoms with van der Waals surface area (Å²) in [5.41, 5.74) is 7.26. The molecular formula is C10H14BrNO. The van der Waals surface area contributed by atoms with E-state index in [2.05, 4.69) is 22.9 Å². The summed E-state index contributed by atoms with van der Waals surface area (Å²) in [4.78, 5) is 0. The average Bonchev–Trinajstić information content (AvgIpc) is 2.13. The maximum atomic E-state index is 9.29. The molecule has 72 valence electrons. The van der Waals surface area contributed by atoms with Crippen LogP contribution in [0.25, 0.3) is 0 Å². The molecule has 0 radical (unpaired) electrons. The van der Waals surface area contributed by atoms with Crippen LogP contribution in [0.3, 0.4) is 0 Å². The number of nitrogen functional groups attached to an aromatic ring is 1. The number of halogens is 1. The van der Waals surface area contributed by atoms with Gasteiger partial charge in [-0.1, -0.05) is 19.4 Å². The molecule has 0 aromatic heterocycles. The van der Waals surface area contributed by atoms with Crippen LogP contribution in [-0.2, 0) is 6.42 Å². The van der Waals surface area contributed by atoms with Gasteiger partial charge in [-0.05, 0) is 40.4 Å². The maximum Gasteiger partial charge on any atom is 0.139 e. The molecule has 1 aromatic rings. The Balaban J connectivity index is 2.90. The van der Waals surface area contributed by atoms with Gasteiger partial charge in [0.25, 0.3) is 0 Å². The second-order valence-corrected chi connectivity index (χ2v) is 3.87. The van der Waals surface area contributed by atoms with Crippen molar-refractivity contribution < 1.29 is 5.11 Å². The first-order valence-electron chi connectivity index (χ1n) is 4.42. The summed E-state index contributed by atoms with van der Waals surface area (Å²) in [6.45, 7) is 2.15. The third kappa shape index (κ3) is 2.37. The number of unbranched alkanes of at least 4 members (excludes halogenated alkanes) is 1. The third-order valence-corrected chi connectivity index (χ3v) is 2.97. The van der Waals surface area contributed by atoms with Crippen molar-refractivity contribution >= 4 is 21.6 Å². The molecule has 2 nitrogen and oxygen atoms in total. The van der Waals surface area contributed by atoms with Crippen molar-refractivity contribution in [2.45, 2.75) is 26.2 Å². The molecule has 0 saturated carbocycles. The first-order chi connectivity index (χ1) is 6.16. The number of benzene rings is 1. The monoisotopic (exact) mass is 243 g/mol. The second-order valence-electron chi connectivity index (χ2n) is 3.08. The predicted molar refractivity (Wildman–Crippen MR) is 58.8 cm³/mol. The first kappa shape index (κ1) is 10.4. The number of hydrogen-bond donors (Lipinski definition) is 2. The predicted octanol–water partition coefficient (Wildman–Crippen LogP) is 3.08. The van der Waals surface area contributed by atoms with Crippen LogP contribution in [0.1, 0.15) is 25.3 Å². The SMILES string of the molecule is CCCCc1ccc(O)c(N)c1Br. The Kier molecular flexibility index (Phi) is 3.60. The molecule has 0 aliphatic carbocycles. The molecular weight excluding hydrogens is 230 g/mol. The van der Waals surface area contributed by atoms with Crippen molar-refractivity contribution in [3.63, 3.8) is 0 Å². The van der Waals surface area contributed by atoms with E-state index in [0.29, 0.717) is 5.69 Å². The van der Waals surface area contributed by atoms with Crippen LogP contribution in [0, 0.1) is 0 Å². The molecule has 0 unspecified atom stereocenters. The number of phenols is 1. The van der Waals surface area contributed by atoms with E-state index >= 15 is 0 Å². The first-order valence-corrected chi connectivity index (χ1v) is 5.22. The Hall–Kier alpha value is -0.700. The minimum Gasteiger partial charge on any atom is -0.506 e. The summed E-state index contributed by atoms with van der Waals surface area (Å²) in [6.07, 6.45) is 3.30. The van der Waals surface area contributed by atoms with Crippen LogP contribution in [0.5, 0.6) is 5.75 Å². The Morgan fingerprint density at radius 1 is 1.46 bits per heavy atom. The number of aryl methyl sites for hydroxylation is 1. The fourth-order valence-corrected chi connectivity index (χ4v) is 1.72. The highest BCUT2D eigenvalue weighted by molar-refractivity contribution is 9.10. The highest BCUT2D eigenvalue weighted by atomic mass is 79.9. The lowest BCUT2D eigenvalue weighted by molar-refractivity contribution is 0.477. The van der Waals surface area contributed by atoms with E-state index in [9.17, 15) is 5.11 Å². The molecule has 0 saturated heterocycles. The molecule has 3 heteroatoms. The number of hydrogen-bond acceptors (Lipinski definition) is 2. The minimum atomic E-state index is 0.145. The highest BCUT2D eigenvalue weighted by Gasteiger charge is 2.06. The smallest absolute Gasteiger partial charge is 0.139 e. The van der Waals surface area contributed by atoms with Gasteiger partial charge in [-0.25, -0.2) is 0 Å². The van der Waals surface area contributed by atoms with Gasteiger partial charge in [0.05, 0.1) is 5.69 Å². The van der Waals surface area contributed by atoms with Gasteiger partial charge < -0.3 is 10.8 Å². The van der Waals surface area contributed by atoms with E-state index in [-0.39, 0.29) is 5.75 Å². The molecule has 1 rings (SSSR count). The topological polar surface area (TPSA) is 46.2 Å². The molecule has 1 aromatic carbocycles. The average molecular weight is 244 g/mol. The van der Waals surface area contributed by atoms with Gasteiger partial charge in [0.15, 0.2) is 0 Å². The van der Waals surface area contributed by atoms with Gasteiger partial charge in [0, 0.05) is 4.47 Å². The van der Waals surface area contributed by atoms with E-state index in [0.717, 1.165) is 29.3 Å². The van der Waals surface area contributed by atoms with E-state index in [1.54, 1.807) is 6.07 Å². The third-order valence-electron chi connectivity index (χ3n) is 2.04. The quantitative estimate of drug-likeness (QED) is 0.634. The summed E-state index contributed by atoms with van der Waals surface area (Å²) in [5.74, 6) is 0.145. The summed E-state index contributed by atoms with van der Waals surface area (Å²) < 4.78 is 0.834. The molecule has 13 heavy (non-hydrogen) atoms. The van der Waals surface area contributed by atoms with Gasteiger partial charge in [0.2, 0.25) is 0 Å². The minimum absolute atomic E-state index is 0.145. The fourth-order valence-electron chi connectivity index (χ4n) is 1.19. The molecule has 0 heterocycles. The Labute approximate surface area is 86.9 Å². The van der Waals surface area contributed by atoms with Gasteiger partial charge in [-0.2, -0.15) is 0 Å². The molecule has 0 aliphatic heterocycles. The number of nitrogens with two attached hydrogens (primary N) is 1. The highest BCUT2D eigenvalue weighted by Crippen LogP contribution is 2.32. The van der Waals surface area contributed by atoms with Crippen molar-refractivity contribution in [1.82, 2.24) is 0 Å². The van der Waals surface area contributed by atoms with Crippen molar-refractivity contribution in [2.75, 3.05) is 5.73 Å². The van der Waals surface area contributed by atoms with E-state index in [4.69, 9.17) is 5.73 Å². The summed E-state index contributed by atoms with van der Waals surface area (Å²) in [6, 6.07) is 3.55. The second kappa shape index (κ2) is 4.51. The van der Waals surface area contributed by atoms with Crippen molar-refractivity contribution in [3.05, 3.63) is 22.2 Å². The molecule has 0 atom stereocenters. The van der Waals surface area contributed by atoms with Crippen LogP contribution in [-0.4, -0.2) is 5.11 Å². The largest absolute Gasteiger partial charge is 0.506 e. The zero-order valence-electron chi connectivity index (χ0n) is 7.68. The van der Waals surface area contributed by atoms with Crippen molar-refractivity contribution in [1.29, 1.82) is 0 Å². The summed E-state index contributed by atoms with van der Waals surface area (Å²) >= 11 is 3.38. The standard InChI is InChI=1S/C10H14BrNO/c1-2-3-4-7-5-6-8(13)10(12)9(7)11/h5-6,13H,2-4,12H2,1H3. The molecule has 0 spiro atoms.